The average molecular weight is 399 g/mol. The minimum Gasteiger partial charge on any atom is -0.383 e. The van der Waals surface area contributed by atoms with Gasteiger partial charge in [0.05, 0.1) is 5.69 Å². The highest BCUT2D eigenvalue weighted by atomic mass is 32.2. The molecule has 0 aliphatic heterocycles. The first-order valence-corrected chi connectivity index (χ1v) is 11.4. The van der Waals surface area contributed by atoms with Gasteiger partial charge in [-0.15, -0.1) is 11.3 Å². The standard InChI is InChI=1S/C19H16N2OS.C2H6OS/c1-11-17(21-19(20)12-5-3-2-4-6-12)13-7-8-15(22)16(13)14-9-10-23-18(11)14;1-4(2)3/h2-6,9-10H,7-8H2,1H3,(H2,20,21);1-2H3. The van der Waals surface area contributed by atoms with Crippen LogP contribution < -0.4 is 5.73 Å². The Labute approximate surface area is 165 Å². The van der Waals surface area contributed by atoms with Crippen LogP contribution in [0.4, 0.5) is 5.69 Å². The highest BCUT2D eigenvalue weighted by Gasteiger charge is 2.27. The molecule has 27 heavy (non-hydrogen) atoms. The lowest BCUT2D eigenvalue weighted by atomic mass is 9.99. The minimum absolute atomic E-state index is 0.220. The van der Waals surface area contributed by atoms with Crippen LogP contribution in [0.1, 0.15) is 33.5 Å². The van der Waals surface area contributed by atoms with Crippen molar-refractivity contribution in [3.8, 4) is 0 Å². The normalized spacial score (nSPS) is 13.6. The lowest BCUT2D eigenvalue weighted by Crippen LogP contribution is -2.12. The fraction of sp³-hybridized carbons (Fsp3) is 0.238. The quantitative estimate of drug-likeness (QED) is 0.515. The van der Waals surface area contributed by atoms with Crippen LogP contribution in [0.2, 0.25) is 0 Å². The van der Waals surface area contributed by atoms with E-state index in [0.29, 0.717) is 12.3 Å². The van der Waals surface area contributed by atoms with Gasteiger partial charge in [0.2, 0.25) is 0 Å². The van der Waals surface area contributed by atoms with Gasteiger partial charge in [-0.05, 0) is 35.9 Å². The lowest BCUT2D eigenvalue weighted by molar-refractivity contribution is 0.0996. The number of aryl methyl sites for hydroxylation is 1. The van der Waals surface area contributed by atoms with Gasteiger partial charge in [-0.2, -0.15) is 0 Å². The molecule has 4 nitrogen and oxygen atoms in total. The number of benzene rings is 2. The molecule has 0 unspecified atom stereocenters. The van der Waals surface area contributed by atoms with Crippen LogP contribution >= 0.6 is 11.3 Å². The first kappa shape index (κ1) is 19.5. The van der Waals surface area contributed by atoms with E-state index >= 15 is 0 Å². The molecule has 0 radical (unpaired) electrons. The zero-order valence-electron chi connectivity index (χ0n) is 15.6. The van der Waals surface area contributed by atoms with Crippen LogP contribution in [0.3, 0.4) is 0 Å². The van der Waals surface area contributed by atoms with Crippen LogP contribution in [0, 0.1) is 6.92 Å². The van der Waals surface area contributed by atoms with E-state index in [0.717, 1.165) is 44.4 Å². The number of Topliss-reactive ketones (excluding diaryl/α,β-unsaturated/α-hetero) is 1. The molecule has 0 fully saturated rings. The molecular weight excluding hydrogens is 376 g/mol. The van der Waals surface area contributed by atoms with Crippen LogP contribution in [-0.2, 0) is 17.2 Å². The third-order valence-electron chi connectivity index (χ3n) is 4.40. The third kappa shape index (κ3) is 4.01. The van der Waals surface area contributed by atoms with Crippen molar-refractivity contribution in [1.82, 2.24) is 0 Å². The van der Waals surface area contributed by atoms with E-state index in [1.807, 2.05) is 41.8 Å². The van der Waals surface area contributed by atoms with Crippen LogP contribution in [-0.4, -0.2) is 28.3 Å². The second-order valence-electron chi connectivity index (χ2n) is 6.52. The summed E-state index contributed by atoms with van der Waals surface area (Å²) in [6.45, 7) is 2.07. The first-order chi connectivity index (χ1) is 12.9. The average Bonchev–Trinajstić information content (AvgIpc) is 3.25. The Bertz CT molecular complexity index is 1050. The fourth-order valence-electron chi connectivity index (χ4n) is 3.28. The molecule has 6 heteroatoms. The molecule has 1 aliphatic rings. The molecule has 1 aliphatic carbocycles. The molecule has 0 saturated heterocycles. The molecule has 0 bridgehead atoms. The van der Waals surface area contributed by atoms with E-state index in [2.05, 4.69) is 6.92 Å². The van der Waals surface area contributed by atoms with Crippen molar-refractivity contribution in [2.75, 3.05) is 12.5 Å². The SMILES string of the molecule is CS(C)=O.Cc1c(N=C(N)c2ccccc2)c2c(c3ccsc13)C(=O)CC2. The summed E-state index contributed by atoms with van der Waals surface area (Å²) in [7, 11) is -0.611. The summed E-state index contributed by atoms with van der Waals surface area (Å²) in [5.74, 6) is 0.712. The van der Waals surface area contributed by atoms with Gasteiger partial charge in [0.1, 0.15) is 5.84 Å². The maximum absolute atomic E-state index is 12.3. The lowest BCUT2D eigenvalue weighted by Gasteiger charge is -2.11. The summed E-state index contributed by atoms with van der Waals surface area (Å²) in [4.78, 5) is 17.0. The summed E-state index contributed by atoms with van der Waals surface area (Å²) in [6.07, 6.45) is 4.60. The Hall–Kier alpha value is -2.31. The largest absolute Gasteiger partial charge is 0.383 e. The van der Waals surface area contributed by atoms with Crippen molar-refractivity contribution in [1.29, 1.82) is 0 Å². The Kier molecular flexibility index (Phi) is 5.87. The van der Waals surface area contributed by atoms with Crippen LogP contribution in [0.5, 0.6) is 0 Å². The topological polar surface area (TPSA) is 72.5 Å². The summed E-state index contributed by atoms with van der Waals surface area (Å²) < 4.78 is 10.7. The smallest absolute Gasteiger partial charge is 0.164 e. The number of aliphatic imine (C=N–C) groups is 1. The summed E-state index contributed by atoms with van der Waals surface area (Å²) in [5.41, 5.74) is 11.0. The molecule has 0 spiro atoms. The van der Waals surface area contributed by atoms with E-state index in [4.69, 9.17) is 10.7 Å². The molecule has 2 aromatic carbocycles. The van der Waals surface area contributed by atoms with Gasteiger partial charge >= 0.3 is 0 Å². The van der Waals surface area contributed by atoms with Crippen molar-refractivity contribution in [3.05, 3.63) is 64.0 Å². The summed E-state index contributed by atoms with van der Waals surface area (Å²) >= 11 is 1.66. The molecule has 0 amide bonds. The maximum Gasteiger partial charge on any atom is 0.164 e. The number of thiophene rings is 1. The number of fused-ring (bicyclic) bond motifs is 3. The van der Waals surface area contributed by atoms with Gasteiger partial charge in [-0.25, -0.2) is 4.99 Å². The molecule has 0 saturated carbocycles. The zero-order valence-corrected chi connectivity index (χ0v) is 17.2. The summed E-state index contributed by atoms with van der Waals surface area (Å²) in [6, 6.07) is 11.8. The van der Waals surface area contributed by atoms with Crippen LogP contribution in [0.25, 0.3) is 10.1 Å². The number of nitrogens with zero attached hydrogens (tertiary/aromatic N) is 1. The van der Waals surface area contributed by atoms with Gasteiger partial charge in [0, 0.05) is 50.9 Å². The Morgan fingerprint density at radius 3 is 2.48 bits per heavy atom. The Morgan fingerprint density at radius 2 is 1.81 bits per heavy atom. The Morgan fingerprint density at radius 1 is 1.15 bits per heavy atom. The number of nitrogens with two attached hydrogens (primary N) is 1. The van der Waals surface area contributed by atoms with Crippen molar-refractivity contribution in [2.45, 2.75) is 19.8 Å². The van der Waals surface area contributed by atoms with E-state index in [-0.39, 0.29) is 5.78 Å². The number of carbonyl (C=O) groups is 1. The number of ketones is 1. The first-order valence-electron chi connectivity index (χ1n) is 8.60. The van der Waals surface area contributed by atoms with Crippen LogP contribution in [0.15, 0.2) is 46.8 Å². The third-order valence-corrected chi connectivity index (χ3v) is 5.43. The van der Waals surface area contributed by atoms with E-state index in [9.17, 15) is 9.00 Å². The number of rotatable bonds is 2. The van der Waals surface area contributed by atoms with Crippen molar-refractivity contribution >= 4 is 49.5 Å². The monoisotopic (exact) mass is 398 g/mol. The fourth-order valence-corrected chi connectivity index (χ4v) is 4.19. The predicted octanol–water partition coefficient (Wildman–Crippen LogP) is 4.37. The second-order valence-corrected chi connectivity index (χ2v) is 8.92. The molecule has 4 rings (SSSR count). The number of carbonyl (C=O) groups excluding carboxylic acids is 1. The second kappa shape index (κ2) is 8.15. The molecule has 2 N–H and O–H groups in total. The molecular formula is C21H22N2O2S2. The van der Waals surface area contributed by atoms with Crippen molar-refractivity contribution in [3.63, 3.8) is 0 Å². The molecule has 1 heterocycles. The number of hydrogen-bond acceptors (Lipinski definition) is 4. The summed E-state index contributed by atoms with van der Waals surface area (Å²) in [5, 5.41) is 3.11. The molecule has 0 atom stereocenters. The predicted molar refractivity (Wildman–Crippen MR) is 116 cm³/mol. The molecule has 3 aromatic rings. The number of amidine groups is 1. The van der Waals surface area contributed by atoms with Crippen molar-refractivity contribution < 1.29 is 9.00 Å². The van der Waals surface area contributed by atoms with E-state index in [1.54, 1.807) is 23.8 Å². The van der Waals surface area contributed by atoms with E-state index < -0.39 is 10.8 Å². The number of hydrogen-bond donors (Lipinski definition) is 1. The van der Waals surface area contributed by atoms with Gasteiger partial charge in [-0.3, -0.25) is 9.00 Å². The molecule has 140 valence electrons. The molecule has 1 aromatic heterocycles. The van der Waals surface area contributed by atoms with Gasteiger partial charge in [-0.1, -0.05) is 30.3 Å². The minimum atomic E-state index is -0.611. The van der Waals surface area contributed by atoms with Gasteiger partial charge in [0.15, 0.2) is 5.78 Å². The Balaban J connectivity index is 0.000000481. The van der Waals surface area contributed by atoms with Gasteiger partial charge < -0.3 is 5.73 Å². The van der Waals surface area contributed by atoms with Gasteiger partial charge in [0.25, 0.3) is 0 Å². The maximum atomic E-state index is 12.3. The van der Waals surface area contributed by atoms with Crippen molar-refractivity contribution in [2.24, 2.45) is 10.7 Å². The highest BCUT2D eigenvalue weighted by Crippen LogP contribution is 2.42. The highest BCUT2D eigenvalue weighted by molar-refractivity contribution is 7.83. The zero-order chi connectivity index (χ0) is 19.6. The van der Waals surface area contributed by atoms with E-state index in [1.165, 1.54) is 0 Å².